The molecule has 0 radical (unpaired) electrons. The lowest BCUT2D eigenvalue weighted by Gasteiger charge is -2.25. The van der Waals surface area contributed by atoms with Gasteiger partial charge < -0.3 is 9.47 Å². The SMILES string of the molecule is CC(=O)c1cccc(OC(OCC2CCCCC2)c2ccccc2)c1. The first kappa shape index (κ1) is 17.7. The van der Waals surface area contributed by atoms with E-state index >= 15 is 0 Å². The highest BCUT2D eigenvalue weighted by atomic mass is 16.7. The van der Waals surface area contributed by atoms with Gasteiger partial charge in [-0.2, -0.15) is 0 Å². The molecule has 0 aromatic heterocycles. The van der Waals surface area contributed by atoms with E-state index < -0.39 is 6.29 Å². The van der Waals surface area contributed by atoms with E-state index in [1.165, 1.54) is 32.1 Å². The largest absolute Gasteiger partial charge is 0.461 e. The molecule has 0 amide bonds. The predicted octanol–water partition coefficient (Wildman–Crippen LogP) is 5.56. The summed E-state index contributed by atoms with van der Waals surface area (Å²) >= 11 is 0. The van der Waals surface area contributed by atoms with Gasteiger partial charge >= 0.3 is 0 Å². The third kappa shape index (κ3) is 5.17. The smallest absolute Gasteiger partial charge is 0.226 e. The van der Waals surface area contributed by atoms with E-state index in [2.05, 4.69) is 0 Å². The molecule has 132 valence electrons. The zero-order chi connectivity index (χ0) is 17.5. The van der Waals surface area contributed by atoms with Gasteiger partial charge in [-0.15, -0.1) is 0 Å². The van der Waals surface area contributed by atoms with Crippen LogP contribution in [0.1, 0.15) is 61.2 Å². The van der Waals surface area contributed by atoms with E-state index in [9.17, 15) is 4.79 Å². The van der Waals surface area contributed by atoms with Crippen molar-refractivity contribution >= 4 is 5.78 Å². The molecule has 1 atom stereocenters. The van der Waals surface area contributed by atoms with Gasteiger partial charge in [-0.3, -0.25) is 4.79 Å². The first-order chi connectivity index (χ1) is 12.2. The van der Waals surface area contributed by atoms with Crippen molar-refractivity contribution in [3.05, 3.63) is 65.7 Å². The van der Waals surface area contributed by atoms with Crippen molar-refractivity contribution in [3.8, 4) is 5.75 Å². The first-order valence-electron chi connectivity index (χ1n) is 9.16. The fraction of sp³-hybridized carbons (Fsp3) is 0.409. The average molecular weight is 338 g/mol. The molecule has 2 aromatic carbocycles. The molecule has 0 N–H and O–H groups in total. The maximum atomic E-state index is 11.6. The normalized spacial score (nSPS) is 16.4. The van der Waals surface area contributed by atoms with E-state index in [0.717, 1.165) is 5.56 Å². The third-order valence-corrected chi connectivity index (χ3v) is 4.76. The van der Waals surface area contributed by atoms with Crippen molar-refractivity contribution in [1.29, 1.82) is 0 Å². The molecule has 1 saturated carbocycles. The highest BCUT2D eigenvalue weighted by Gasteiger charge is 2.19. The minimum absolute atomic E-state index is 0.0323. The fourth-order valence-electron chi connectivity index (χ4n) is 3.30. The third-order valence-electron chi connectivity index (χ3n) is 4.76. The van der Waals surface area contributed by atoms with Crippen LogP contribution in [0.15, 0.2) is 54.6 Å². The number of rotatable bonds is 7. The van der Waals surface area contributed by atoms with E-state index in [0.29, 0.717) is 23.8 Å². The lowest BCUT2D eigenvalue weighted by atomic mass is 9.90. The number of hydrogen-bond acceptors (Lipinski definition) is 3. The number of carbonyl (C=O) groups is 1. The van der Waals surface area contributed by atoms with Gasteiger partial charge in [-0.05, 0) is 37.8 Å². The lowest BCUT2D eigenvalue weighted by Crippen LogP contribution is -2.19. The van der Waals surface area contributed by atoms with Gasteiger partial charge in [-0.25, -0.2) is 0 Å². The molecule has 1 unspecified atom stereocenters. The van der Waals surface area contributed by atoms with Gasteiger partial charge in [0.15, 0.2) is 5.78 Å². The molecule has 0 aliphatic heterocycles. The topological polar surface area (TPSA) is 35.5 Å². The maximum Gasteiger partial charge on any atom is 0.226 e. The molecule has 1 aliphatic rings. The lowest BCUT2D eigenvalue weighted by molar-refractivity contribution is -0.0980. The second kappa shape index (κ2) is 8.82. The Kier molecular flexibility index (Phi) is 6.24. The van der Waals surface area contributed by atoms with Gasteiger partial charge in [0.1, 0.15) is 5.75 Å². The maximum absolute atomic E-state index is 11.6. The number of carbonyl (C=O) groups excluding carboxylic acids is 1. The summed E-state index contributed by atoms with van der Waals surface area (Å²) in [6.45, 7) is 2.28. The summed E-state index contributed by atoms with van der Waals surface area (Å²) in [7, 11) is 0. The Hall–Kier alpha value is -2.13. The second-order valence-electron chi connectivity index (χ2n) is 6.78. The quantitative estimate of drug-likeness (QED) is 0.489. The Balaban J connectivity index is 1.72. The highest BCUT2D eigenvalue weighted by Crippen LogP contribution is 2.28. The molecule has 3 nitrogen and oxygen atoms in total. The van der Waals surface area contributed by atoms with Gasteiger partial charge in [0, 0.05) is 11.1 Å². The number of Topliss-reactive ketones (excluding diaryl/α,β-unsaturated/α-hetero) is 1. The molecule has 3 heteroatoms. The van der Waals surface area contributed by atoms with Crippen LogP contribution in [0.2, 0.25) is 0 Å². The van der Waals surface area contributed by atoms with Crippen LogP contribution in [0.4, 0.5) is 0 Å². The molecule has 0 bridgehead atoms. The molecule has 3 rings (SSSR count). The van der Waals surface area contributed by atoms with Crippen LogP contribution in [0.3, 0.4) is 0 Å². The van der Waals surface area contributed by atoms with Crippen LogP contribution in [0.5, 0.6) is 5.75 Å². The Morgan fingerprint density at radius 3 is 2.52 bits per heavy atom. The molecular weight excluding hydrogens is 312 g/mol. The summed E-state index contributed by atoms with van der Waals surface area (Å²) in [5.41, 5.74) is 1.64. The standard InChI is InChI=1S/C22H26O3/c1-17(23)20-13-8-14-21(15-20)25-22(19-11-6-3-7-12-19)24-16-18-9-4-2-5-10-18/h3,6-8,11-15,18,22H,2,4-5,9-10,16H2,1H3. The zero-order valence-electron chi connectivity index (χ0n) is 14.8. The van der Waals surface area contributed by atoms with Crippen LogP contribution in [0.25, 0.3) is 0 Å². The molecule has 2 aromatic rings. The van der Waals surface area contributed by atoms with Crippen LogP contribution in [0, 0.1) is 5.92 Å². The number of benzene rings is 2. The molecule has 25 heavy (non-hydrogen) atoms. The van der Waals surface area contributed by atoms with E-state index in [4.69, 9.17) is 9.47 Å². The number of hydrogen-bond donors (Lipinski definition) is 0. The van der Waals surface area contributed by atoms with Crippen molar-refractivity contribution in [3.63, 3.8) is 0 Å². The summed E-state index contributed by atoms with van der Waals surface area (Å²) in [6, 6.07) is 17.3. The summed E-state index contributed by atoms with van der Waals surface area (Å²) < 4.78 is 12.3. The van der Waals surface area contributed by atoms with Crippen molar-refractivity contribution in [2.45, 2.75) is 45.3 Å². The summed E-state index contributed by atoms with van der Waals surface area (Å²) in [6.07, 6.45) is 5.96. The molecule has 1 aliphatic carbocycles. The monoisotopic (exact) mass is 338 g/mol. The summed E-state index contributed by atoms with van der Waals surface area (Å²) in [5.74, 6) is 1.31. The Morgan fingerprint density at radius 1 is 1.04 bits per heavy atom. The Labute approximate surface area is 150 Å². The van der Waals surface area contributed by atoms with Crippen molar-refractivity contribution in [1.82, 2.24) is 0 Å². The first-order valence-corrected chi connectivity index (χ1v) is 9.16. The summed E-state index contributed by atoms with van der Waals surface area (Å²) in [5, 5.41) is 0. The minimum Gasteiger partial charge on any atom is -0.461 e. The molecule has 0 saturated heterocycles. The molecular formula is C22H26O3. The molecule has 0 heterocycles. The second-order valence-corrected chi connectivity index (χ2v) is 6.78. The summed E-state index contributed by atoms with van der Waals surface area (Å²) in [4.78, 5) is 11.6. The van der Waals surface area contributed by atoms with Crippen molar-refractivity contribution in [2.75, 3.05) is 6.61 Å². The van der Waals surface area contributed by atoms with Crippen LogP contribution in [-0.4, -0.2) is 12.4 Å². The van der Waals surface area contributed by atoms with Gasteiger partial charge in [-0.1, -0.05) is 61.7 Å². The van der Waals surface area contributed by atoms with Crippen LogP contribution < -0.4 is 4.74 Å². The number of ketones is 1. The van der Waals surface area contributed by atoms with Gasteiger partial charge in [0.2, 0.25) is 6.29 Å². The van der Waals surface area contributed by atoms with Crippen LogP contribution in [-0.2, 0) is 4.74 Å². The fourth-order valence-corrected chi connectivity index (χ4v) is 3.30. The molecule has 1 fully saturated rings. The highest BCUT2D eigenvalue weighted by molar-refractivity contribution is 5.94. The number of ether oxygens (including phenoxy) is 2. The predicted molar refractivity (Wildman–Crippen MR) is 98.8 cm³/mol. The Morgan fingerprint density at radius 2 is 1.80 bits per heavy atom. The minimum atomic E-state index is -0.453. The zero-order valence-corrected chi connectivity index (χ0v) is 14.8. The van der Waals surface area contributed by atoms with Crippen LogP contribution >= 0.6 is 0 Å². The van der Waals surface area contributed by atoms with Gasteiger partial charge in [0.25, 0.3) is 0 Å². The van der Waals surface area contributed by atoms with Crippen molar-refractivity contribution in [2.24, 2.45) is 5.92 Å². The van der Waals surface area contributed by atoms with E-state index in [1.807, 2.05) is 42.5 Å². The Bertz CT molecular complexity index is 675. The average Bonchev–Trinajstić information content (AvgIpc) is 2.67. The van der Waals surface area contributed by atoms with E-state index in [1.54, 1.807) is 19.1 Å². The van der Waals surface area contributed by atoms with E-state index in [-0.39, 0.29) is 5.78 Å². The van der Waals surface area contributed by atoms with Crippen molar-refractivity contribution < 1.29 is 14.3 Å². The van der Waals surface area contributed by atoms with Gasteiger partial charge in [0.05, 0.1) is 6.61 Å². The molecule has 0 spiro atoms.